The van der Waals surface area contributed by atoms with Crippen molar-refractivity contribution in [2.75, 3.05) is 18.1 Å². The lowest BCUT2D eigenvalue weighted by molar-refractivity contribution is 0.0526. The highest BCUT2D eigenvalue weighted by molar-refractivity contribution is 6.34. The fraction of sp³-hybridized carbons (Fsp3) is 0.208. The first-order valence-electron chi connectivity index (χ1n) is 9.64. The summed E-state index contributed by atoms with van der Waals surface area (Å²) < 4.78 is 5.13. The summed E-state index contributed by atoms with van der Waals surface area (Å²) in [5.74, 6) is -0.296. The van der Waals surface area contributed by atoms with Gasteiger partial charge in [-0.05, 0) is 72.0 Å². The van der Waals surface area contributed by atoms with Crippen molar-refractivity contribution >= 4 is 34.9 Å². The van der Waals surface area contributed by atoms with Crippen LogP contribution in [0.4, 0.5) is 5.69 Å². The van der Waals surface area contributed by atoms with Crippen molar-refractivity contribution in [1.29, 1.82) is 0 Å². The molecule has 4 rings (SSSR count). The number of carbonyl (C=O) groups is 1. The summed E-state index contributed by atoms with van der Waals surface area (Å²) in [7, 11) is 0. The molecular formula is C24H21Cl2NO2. The van der Waals surface area contributed by atoms with Crippen LogP contribution in [0.2, 0.25) is 10.0 Å². The van der Waals surface area contributed by atoms with E-state index < -0.39 is 0 Å². The Morgan fingerprint density at radius 1 is 1.00 bits per heavy atom. The van der Waals surface area contributed by atoms with E-state index in [0.29, 0.717) is 22.2 Å². The van der Waals surface area contributed by atoms with Crippen molar-refractivity contribution in [1.82, 2.24) is 0 Å². The zero-order valence-corrected chi connectivity index (χ0v) is 17.6. The second-order valence-electron chi connectivity index (χ2n) is 7.09. The van der Waals surface area contributed by atoms with Crippen LogP contribution in [0.5, 0.6) is 0 Å². The molecule has 0 atom stereocenters. The van der Waals surface area contributed by atoms with Gasteiger partial charge >= 0.3 is 5.97 Å². The number of halogens is 2. The van der Waals surface area contributed by atoms with Crippen LogP contribution in [-0.2, 0) is 17.7 Å². The Balaban J connectivity index is 1.62. The van der Waals surface area contributed by atoms with Gasteiger partial charge in [-0.15, -0.1) is 0 Å². The highest BCUT2D eigenvalue weighted by Gasteiger charge is 2.20. The second-order valence-corrected chi connectivity index (χ2v) is 7.97. The maximum absolute atomic E-state index is 12.1. The number of hydrogen-bond acceptors (Lipinski definition) is 3. The third-order valence-corrected chi connectivity index (χ3v) is 5.52. The number of hydrogen-bond donors (Lipinski definition) is 0. The normalized spacial score (nSPS) is 12.7. The number of rotatable bonds is 5. The van der Waals surface area contributed by atoms with Gasteiger partial charge in [0, 0.05) is 28.8 Å². The second kappa shape index (κ2) is 8.48. The summed E-state index contributed by atoms with van der Waals surface area (Å²) in [6.07, 6.45) is 1.01. The zero-order valence-electron chi connectivity index (χ0n) is 16.1. The molecule has 0 spiro atoms. The predicted molar refractivity (Wildman–Crippen MR) is 119 cm³/mol. The average Bonchev–Trinajstić information content (AvgIpc) is 3.09. The smallest absolute Gasteiger partial charge is 0.338 e. The number of anilines is 1. The van der Waals surface area contributed by atoms with Crippen LogP contribution in [0.15, 0.2) is 60.7 Å². The Labute approximate surface area is 180 Å². The summed E-state index contributed by atoms with van der Waals surface area (Å²) in [6, 6.07) is 19.7. The maximum atomic E-state index is 12.1. The first kappa shape index (κ1) is 19.8. The number of nitrogens with zero attached hydrogens (tertiary/aromatic N) is 1. The largest absolute Gasteiger partial charge is 0.462 e. The molecule has 3 aromatic rings. The van der Waals surface area contributed by atoms with Crippen LogP contribution >= 0.6 is 23.2 Å². The summed E-state index contributed by atoms with van der Waals surface area (Å²) in [6.45, 7) is 3.87. The van der Waals surface area contributed by atoms with Gasteiger partial charge in [-0.25, -0.2) is 4.79 Å². The van der Waals surface area contributed by atoms with Gasteiger partial charge in [-0.3, -0.25) is 0 Å². The number of benzene rings is 3. The van der Waals surface area contributed by atoms with Crippen LogP contribution in [0, 0.1) is 0 Å². The van der Waals surface area contributed by atoms with E-state index in [0.717, 1.165) is 36.2 Å². The molecule has 3 nitrogen and oxygen atoms in total. The van der Waals surface area contributed by atoms with E-state index in [4.69, 9.17) is 27.9 Å². The Morgan fingerprint density at radius 2 is 1.76 bits per heavy atom. The molecule has 148 valence electrons. The van der Waals surface area contributed by atoms with Crippen molar-refractivity contribution in [2.24, 2.45) is 0 Å². The molecule has 5 heteroatoms. The molecule has 0 aromatic heterocycles. The highest BCUT2D eigenvalue weighted by Crippen LogP contribution is 2.34. The van der Waals surface area contributed by atoms with Gasteiger partial charge in [0.05, 0.1) is 12.2 Å². The lowest BCUT2D eigenvalue weighted by Crippen LogP contribution is -2.19. The van der Waals surface area contributed by atoms with E-state index >= 15 is 0 Å². The van der Waals surface area contributed by atoms with Crippen LogP contribution in [0.25, 0.3) is 11.1 Å². The number of ether oxygens (including phenoxy) is 1. The van der Waals surface area contributed by atoms with Gasteiger partial charge in [-0.1, -0.05) is 47.5 Å². The van der Waals surface area contributed by atoms with E-state index in [2.05, 4.69) is 23.1 Å². The van der Waals surface area contributed by atoms with Crippen molar-refractivity contribution < 1.29 is 9.53 Å². The fourth-order valence-corrected chi connectivity index (χ4v) is 4.32. The van der Waals surface area contributed by atoms with E-state index in [1.54, 1.807) is 12.1 Å². The van der Waals surface area contributed by atoms with Crippen molar-refractivity contribution in [3.05, 3.63) is 87.4 Å². The summed E-state index contributed by atoms with van der Waals surface area (Å²) >= 11 is 12.3. The van der Waals surface area contributed by atoms with Gasteiger partial charge in [-0.2, -0.15) is 0 Å². The monoisotopic (exact) mass is 425 g/mol. The average molecular weight is 426 g/mol. The molecule has 0 saturated heterocycles. The van der Waals surface area contributed by atoms with Crippen LogP contribution in [-0.4, -0.2) is 19.1 Å². The lowest BCUT2D eigenvalue weighted by Gasteiger charge is -2.20. The third-order valence-electron chi connectivity index (χ3n) is 5.08. The van der Waals surface area contributed by atoms with Gasteiger partial charge in [0.1, 0.15) is 0 Å². The van der Waals surface area contributed by atoms with Gasteiger partial charge < -0.3 is 9.64 Å². The molecule has 0 radical (unpaired) electrons. The molecule has 0 N–H and O–H groups in total. The first-order valence-corrected chi connectivity index (χ1v) is 10.4. The molecule has 1 heterocycles. The standard InChI is InChI=1S/C24H21Cl2NO2/c1-2-29-24(28)20-5-3-4-18(12-20)19-7-6-17-8-9-27(23(17)13-19)15-16-10-21(25)14-22(26)11-16/h3-7,10-14H,2,8-9,15H2,1H3. The molecule has 0 saturated carbocycles. The minimum absolute atomic E-state index is 0.296. The van der Waals surface area contributed by atoms with E-state index in [1.807, 2.05) is 37.3 Å². The molecule has 1 aliphatic rings. The number of carbonyl (C=O) groups excluding carboxylic acids is 1. The Hall–Kier alpha value is -2.49. The topological polar surface area (TPSA) is 29.5 Å². The molecule has 0 unspecified atom stereocenters. The first-order chi connectivity index (χ1) is 14.0. The molecule has 0 bridgehead atoms. The summed E-state index contributed by atoms with van der Waals surface area (Å²) in [4.78, 5) is 14.4. The zero-order chi connectivity index (χ0) is 20.4. The lowest BCUT2D eigenvalue weighted by atomic mass is 10.0. The van der Waals surface area contributed by atoms with Crippen LogP contribution in [0.1, 0.15) is 28.4 Å². The van der Waals surface area contributed by atoms with Crippen molar-refractivity contribution in [3.8, 4) is 11.1 Å². The summed E-state index contributed by atoms with van der Waals surface area (Å²) in [5.41, 5.74) is 6.26. The van der Waals surface area contributed by atoms with Gasteiger partial charge in [0.2, 0.25) is 0 Å². The minimum atomic E-state index is -0.296. The van der Waals surface area contributed by atoms with E-state index in [9.17, 15) is 4.79 Å². The Morgan fingerprint density at radius 3 is 2.52 bits per heavy atom. The number of esters is 1. The molecule has 0 aliphatic carbocycles. The predicted octanol–water partition coefficient (Wildman–Crippen LogP) is 6.40. The molecule has 0 amide bonds. The van der Waals surface area contributed by atoms with Crippen LogP contribution in [0.3, 0.4) is 0 Å². The highest BCUT2D eigenvalue weighted by atomic mass is 35.5. The minimum Gasteiger partial charge on any atom is -0.462 e. The quantitative estimate of drug-likeness (QED) is 0.442. The van der Waals surface area contributed by atoms with E-state index in [1.165, 1.54) is 11.3 Å². The molecule has 0 fully saturated rings. The van der Waals surface area contributed by atoms with E-state index in [-0.39, 0.29) is 5.97 Å². The molecule has 29 heavy (non-hydrogen) atoms. The molecular weight excluding hydrogens is 405 g/mol. The maximum Gasteiger partial charge on any atom is 0.338 e. The Bertz CT molecular complexity index is 1040. The fourth-order valence-electron chi connectivity index (χ4n) is 3.75. The number of fused-ring (bicyclic) bond motifs is 1. The Kier molecular flexibility index (Phi) is 5.79. The summed E-state index contributed by atoms with van der Waals surface area (Å²) in [5, 5.41) is 1.30. The molecule has 1 aliphatic heterocycles. The van der Waals surface area contributed by atoms with Crippen molar-refractivity contribution in [2.45, 2.75) is 19.9 Å². The molecule has 3 aromatic carbocycles. The van der Waals surface area contributed by atoms with Crippen molar-refractivity contribution in [3.63, 3.8) is 0 Å². The van der Waals surface area contributed by atoms with Crippen LogP contribution < -0.4 is 4.90 Å². The third kappa shape index (κ3) is 4.42. The van der Waals surface area contributed by atoms with Gasteiger partial charge in [0.15, 0.2) is 0 Å². The SMILES string of the molecule is CCOC(=O)c1cccc(-c2ccc3c(c2)N(Cc2cc(Cl)cc(Cl)c2)CC3)c1. The van der Waals surface area contributed by atoms with Gasteiger partial charge in [0.25, 0.3) is 0 Å².